The summed E-state index contributed by atoms with van der Waals surface area (Å²) in [6.45, 7) is 3.69. The van der Waals surface area contributed by atoms with Gasteiger partial charge in [-0.3, -0.25) is 19.2 Å². The molecule has 6 rings (SSSR count). The van der Waals surface area contributed by atoms with Crippen LogP contribution in [0.3, 0.4) is 0 Å². The topological polar surface area (TPSA) is 149 Å². The van der Waals surface area contributed by atoms with E-state index >= 15 is 0 Å². The minimum Gasteiger partial charge on any atom is -0.478 e. The molecule has 4 aromatic rings. The Labute approximate surface area is 267 Å². The van der Waals surface area contributed by atoms with Crippen LogP contribution in [0.25, 0.3) is 0 Å². The van der Waals surface area contributed by atoms with Crippen molar-refractivity contribution in [2.24, 2.45) is 0 Å². The molecule has 0 fully saturated rings. The van der Waals surface area contributed by atoms with Gasteiger partial charge in [0.2, 0.25) is 0 Å². The summed E-state index contributed by atoms with van der Waals surface area (Å²) in [5.74, 6) is -0.455. The standard InChI is InChI=1S/C37H22N2O8/c1-5-19-11-21(35(44)45)15-25(13-19)38-31(40)27-9-7-23(17-29(27)33(38)42)37(3,4)24-8-10-28-30(18-24)34(43)39(32(28)41)26-14-20(6-2)12-22(16-26)36(46)47/h1-2,7-18H,3-4H3,(H,44,45)(H,46,47). The van der Waals surface area contributed by atoms with Crippen LogP contribution < -0.4 is 9.80 Å². The number of benzene rings is 4. The van der Waals surface area contributed by atoms with Gasteiger partial charge in [-0.15, -0.1) is 12.8 Å². The number of amides is 4. The Morgan fingerprint density at radius 3 is 1.28 bits per heavy atom. The summed E-state index contributed by atoms with van der Waals surface area (Å²) >= 11 is 0. The zero-order chi connectivity index (χ0) is 33.9. The van der Waals surface area contributed by atoms with Crippen LogP contribution in [0.5, 0.6) is 0 Å². The molecule has 0 radical (unpaired) electrons. The van der Waals surface area contributed by atoms with E-state index in [-0.39, 0.29) is 55.9 Å². The summed E-state index contributed by atoms with van der Waals surface area (Å²) < 4.78 is 0. The fourth-order valence-electron chi connectivity index (χ4n) is 5.79. The van der Waals surface area contributed by atoms with Gasteiger partial charge >= 0.3 is 11.9 Å². The van der Waals surface area contributed by atoms with E-state index < -0.39 is 41.0 Å². The number of carbonyl (C=O) groups excluding carboxylic acids is 4. The average Bonchev–Trinajstić information content (AvgIpc) is 3.47. The van der Waals surface area contributed by atoms with E-state index in [0.717, 1.165) is 9.80 Å². The second kappa shape index (κ2) is 10.7. The summed E-state index contributed by atoms with van der Waals surface area (Å²) in [6.07, 6.45) is 11.0. The van der Waals surface area contributed by atoms with Gasteiger partial charge in [0.25, 0.3) is 23.6 Å². The third kappa shape index (κ3) is 4.73. The average molecular weight is 623 g/mol. The zero-order valence-electron chi connectivity index (χ0n) is 24.8. The van der Waals surface area contributed by atoms with Gasteiger partial charge in [0.05, 0.1) is 44.8 Å². The maximum Gasteiger partial charge on any atom is 0.335 e. The van der Waals surface area contributed by atoms with Crippen molar-refractivity contribution in [3.63, 3.8) is 0 Å². The van der Waals surface area contributed by atoms with Gasteiger partial charge in [0.1, 0.15) is 0 Å². The molecular formula is C37H22N2O8. The van der Waals surface area contributed by atoms with Gasteiger partial charge in [0.15, 0.2) is 0 Å². The van der Waals surface area contributed by atoms with Gasteiger partial charge in [-0.05, 0) is 71.8 Å². The number of carbonyl (C=O) groups is 6. The molecular weight excluding hydrogens is 600 g/mol. The van der Waals surface area contributed by atoms with Crippen LogP contribution in [0, 0.1) is 24.7 Å². The summed E-state index contributed by atoms with van der Waals surface area (Å²) in [5, 5.41) is 19.0. The monoisotopic (exact) mass is 622 g/mol. The Balaban J connectivity index is 1.35. The molecule has 2 aliphatic heterocycles. The number of anilines is 2. The highest BCUT2D eigenvalue weighted by atomic mass is 16.4. The first-order valence-corrected chi connectivity index (χ1v) is 14.0. The highest BCUT2D eigenvalue weighted by Gasteiger charge is 2.41. The van der Waals surface area contributed by atoms with Crippen LogP contribution in [0.1, 0.15) is 98.2 Å². The number of fused-ring (bicyclic) bond motifs is 2. The molecule has 0 saturated carbocycles. The molecule has 2 aliphatic rings. The smallest absolute Gasteiger partial charge is 0.335 e. The minimum absolute atomic E-state index is 0.0273. The molecule has 2 heterocycles. The van der Waals surface area contributed by atoms with Crippen molar-refractivity contribution in [3.05, 3.63) is 128 Å². The van der Waals surface area contributed by atoms with Crippen LogP contribution in [-0.4, -0.2) is 45.8 Å². The first-order valence-electron chi connectivity index (χ1n) is 14.0. The SMILES string of the molecule is C#Cc1cc(C(=O)O)cc(N2C(=O)c3ccc(C(C)(C)c4ccc5c(c4)C(=O)N(c4cc(C#C)cc(C(=O)O)c4)C5=O)cc3C2=O)c1. The largest absolute Gasteiger partial charge is 0.478 e. The fraction of sp³-hybridized carbons (Fsp3) is 0.0811. The molecule has 0 spiro atoms. The van der Waals surface area contributed by atoms with Crippen molar-refractivity contribution in [2.75, 3.05) is 9.80 Å². The predicted octanol–water partition coefficient (Wildman–Crippen LogP) is 4.97. The lowest BCUT2D eigenvalue weighted by Gasteiger charge is -2.27. The quantitative estimate of drug-likeness (QED) is 0.226. The molecule has 0 unspecified atom stereocenters. The van der Waals surface area contributed by atoms with Gasteiger partial charge in [-0.2, -0.15) is 0 Å². The third-order valence-electron chi connectivity index (χ3n) is 8.40. The number of imide groups is 2. The first kappa shape index (κ1) is 30.3. The fourth-order valence-corrected chi connectivity index (χ4v) is 5.79. The number of carboxylic acid groups (broad SMARTS) is 2. The van der Waals surface area contributed by atoms with Gasteiger partial charge in [0, 0.05) is 16.5 Å². The lowest BCUT2D eigenvalue weighted by Crippen LogP contribution is -2.29. The predicted molar refractivity (Wildman–Crippen MR) is 170 cm³/mol. The second-order valence-corrected chi connectivity index (χ2v) is 11.5. The Morgan fingerprint density at radius 2 is 0.936 bits per heavy atom. The van der Waals surface area contributed by atoms with E-state index in [0.29, 0.717) is 11.1 Å². The van der Waals surface area contributed by atoms with Crippen LogP contribution in [0.15, 0.2) is 72.8 Å². The molecule has 0 atom stereocenters. The normalized spacial score (nSPS) is 13.7. The highest BCUT2D eigenvalue weighted by molar-refractivity contribution is 6.35. The van der Waals surface area contributed by atoms with Crippen molar-refractivity contribution in [3.8, 4) is 24.7 Å². The number of hydrogen-bond acceptors (Lipinski definition) is 6. The Hall–Kier alpha value is -6.78. The van der Waals surface area contributed by atoms with Gasteiger partial charge < -0.3 is 10.2 Å². The van der Waals surface area contributed by atoms with E-state index in [4.69, 9.17) is 12.8 Å². The van der Waals surface area contributed by atoms with E-state index in [1.54, 1.807) is 24.3 Å². The highest BCUT2D eigenvalue weighted by Crippen LogP contribution is 2.39. The van der Waals surface area contributed by atoms with Crippen LogP contribution in [-0.2, 0) is 5.41 Å². The summed E-state index contributed by atoms with van der Waals surface area (Å²) in [4.78, 5) is 78.9. The lowest BCUT2D eigenvalue weighted by atomic mass is 9.76. The van der Waals surface area contributed by atoms with Crippen molar-refractivity contribution in [1.82, 2.24) is 0 Å². The van der Waals surface area contributed by atoms with Gasteiger partial charge in [-0.1, -0.05) is 37.8 Å². The van der Waals surface area contributed by atoms with Gasteiger partial charge in [-0.25, -0.2) is 19.4 Å². The van der Waals surface area contributed by atoms with E-state index in [1.807, 2.05) is 13.8 Å². The van der Waals surface area contributed by atoms with E-state index in [2.05, 4.69) is 11.8 Å². The molecule has 47 heavy (non-hydrogen) atoms. The summed E-state index contributed by atoms with van der Waals surface area (Å²) in [5.41, 5.74) is 0.904. The van der Waals surface area contributed by atoms with Crippen LogP contribution in [0.4, 0.5) is 11.4 Å². The molecule has 10 nitrogen and oxygen atoms in total. The summed E-state index contributed by atoms with van der Waals surface area (Å²) in [6, 6.07) is 17.2. The Kier molecular flexibility index (Phi) is 6.88. The number of aromatic carboxylic acids is 2. The molecule has 0 bridgehead atoms. The van der Waals surface area contributed by atoms with Crippen LogP contribution >= 0.6 is 0 Å². The Morgan fingerprint density at radius 1 is 0.574 bits per heavy atom. The maximum atomic E-state index is 13.6. The molecule has 0 saturated heterocycles. The molecule has 228 valence electrons. The molecule has 4 aromatic carbocycles. The lowest BCUT2D eigenvalue weighted by molar-refractivity contribution is 0.0686. The van der Waals surface area contributed by atoms with Crippen molar-refractivity contribution < 1.29 is 39.0 Å². The number of rotatable bonds is 6. The molecule has 0 aliphatic carbocycles. The van der Waals surface area contributed by atoms with Crippen molar-refractivity contribution in [1.29, 1.82) is 0 Å². The van der Waals surface area contributed by atoms with E-state index in [1.165, 1.54) is 48.5 Å². The van der Waals surface area contributed by atoms with Crippen LogP contribution in [0.2, 0.25) is 0 Å². The van der Waals surface area contributed by atoms with Crippen molar-refractivity contribution in [2.45, 2.75) is 19.3 Å². The summed E-state index contributed by atoms with van der Waals surface area (Å²) in [7, 11) is 0. The number of nitrogens with zero attached hydrogens (tertiary/aromatic N) is 2. The second-order valence-electron chi connectivity index (χ2n) is 11.5. The van der Waals surface area contributed by atoms with Crippen molar-refractivity contribution >= 4 is 46.9 Å². The van der Waals surface area contributed by atoms with E-state index in [9.17, 15) is 39.0 Å². The number of hydrogen-bond donors (Lipinski definition) is 2. The maximum absolute atomic E-state index is 13.6. The minimum atomic E-state index is -1.27. The Bertz CT molecular complexity index is 2090. The molecule has 2 N–H and O–H groups in total. The number of terminal acetylenes is 2. The molecule has 4 amide bonds. The third-order valence-corrected chi connectivity index (χ3v) is 8.40. The molecule has 0 aromatic heterocycles. The zero-order valence-corrected chi connectivity index (χ0v) is 24.8. The molecule has 10 heteroatoms. The number of carboxylic acids is 2. The first-order chi connectivity index (χ1) is 22.3.